The van der Waals surface area contributed by atoms with Crippen LogP contribution in [0.3, 0.4) is 0 Å². The monoisotopic (exact) mass is 327 g/mol. The zero-order valence-corrected chi connectivity index (χ0v) is 14.4. The maximum atomic E-state index is 12.4. The van der Waals surface area contributed by atoms with Gasteiger partial charge in [-0.25, -0.2) is 0 Å². The van der Waals surface area contributed by atoms with Gasteiger partial charge in [0.15, 0.2) is 0 Å². The molecule has 132 valence electrons. The summed E-state index contributed by atoms with van der Waals surface area (Å²) in [5.74, 6) is -0.351. The second-order valence-corrected chi connectivity index (χ2v) is 7.32. The van der Waals surface area contributed by atoms with E-state index in [1.807, 2.05) is 6.92 Å². The van der Waals surface area contributed by atoms with Crippen molar-refractivity contribution in [2.75, 3.05) is 32.9 Å². The van der Waals surface area contributed by atoms with Gasteiger partial charge >= 0.3 is 5.97 Å². The molecule has 2 aliphatic rings. The van der Waals surface area contributed by atoms with Gasteiger partial charge in [-0.15, -0.1) is 0 Å². The lowest BCUT2D eigenvalue weighted by Crippen LogP contribution is -2.45. The van der Waals surface area contributed by atoms with Gasteiger partial charge in [0.25, 0.3) is 0 Å². The van der Waals surface area contributed by atoms with E-state index in [2.05, 4.69) is 13.8 Å². The van der Waals surface area contributed by atoms with Crippen molar-refractivity contribution >= 4 is 11.9 Å². The topological polar surface area (TPSA) is 76.1 Å². The van der Waals surface area contributed by atoms with Gasteiger partial charge in [-0.3, -0.25) is 9.59 Å². The number of hydrogen-bond donors (Lipinski definition) is 1. The minimum atomic E-state index is -0.820. The summed E-state index contributed by atoms with van der Waals surface area (Å²) in [6.45, 7) is 8.37. The number of aliphatic carboxylic acids is 1. The van der Waals surface area contributed by atoms with Crippen LogP contribution in [0.2, 0.25) is 0 Å². The smallest absolute Gasteiger partial charge is 0.311 e. The summed E-state index contributed by atoms with van der Waals surface area (Å²) in [7, 11) is 0. The minimum absolute atomic E-state index is 0.0169. The Balaban J connectivity index is 1.83. The number of rotatable bonds is 7. The molecule has 6 nitrogen and oxygen atoms in total. The fourth-order valence-electron chi connectivity index (χ4n) is 3.73. The molecule has 1 amide bonds. The highest BCUT2D eigenvalue weighted by Crippen LogP contribution is 2.42. The standard InChI is InChI=1S/C17H29NO5/c1-12(2)8-13(3)23-6-4-15(19)18-9-14-10-22-7-5-17(14,11-18)16(20)21/h12-14H,4-11H2,1-3H3,(H,20,21)/t13?,14-,17+/m0/s1. The van der Waals surface area contributed by atoms with Gasteiger partial charge in [-0.05, 0) is 25.7 Å². The quantitative estimate of drug-likeness (QED) is 0.771. The van der Waals surface area contributed by atoms with Crippen molar-refractivity contribution in [1.29, 1.82) is 0 Å². The highest BCUT2D eigenvalue weighted by Gasteiger charge is 2.54. The first-order valence-corrected chi connectivity index (χ1v) is 8.55. The third kappa shape index (κ3) is 4.23. The first-order valence-electron chi connectivity index (χ1n) is 8.55. The first-order chi connectivity index (χ1) is 10.8. The molecule has 3 atom stereocenters. The van der Waals surface area contributed by atoms with Crippen molar-refractivity contribution in [2.45, 2.75) is 46.1 Å². The molecular weight excluding hydrogens is 298 g/mol. The van der Waals surface area contributed by atoms with Gasteiger partial charge in [-0.1, -0.05) is 13.8 Å². The fourth-order valence-corrected chi connectivity index (χ4v) is 3.73. The van der Waals surface area contributed by atoms with Crippen LogP contribution in [0.25, 0.3) is 0 Å². The van der Waals surface area contributed by atoms with E-state index in [1.165, 1.54) is 0 Å². The average molecular weight is 327 g/mol. The molecule has 23 heavy (non-hydrogen) atoms. The van der Waals surface area contributed by atoms with Crippen LogP contribution >= 0.6 is 0 Å². The number of ether oxygens (including phenoxy) is 2. The number of likely N-dealkylation sites (tertiary alicyclic amines) is 1. The van der Waals surface area contributed by atoms with E-state index in [0.29, 0.717) is 51.7 Å². The van der Waals surface area contributed by atoms with E-state index in [0.717, 1.165) is 6.42 Å². The molecule has 2 rings (SSSR count). The van der Waals surface area contributed by atoms with Crippen molar-refractivity contribution in [3.8, 4) is 0 Å². The van der Waals surface area contributed by atoms with E-state index in [4.69, 9.17) is 9.47 Å². The summed E-state index contributed by atoms with van der Waals surface area (Å²) in [5, 5.41) is 9.61. The molecule has 0 spiro atoms. The summed E-state index contributed by atoms with van der Waals surface area (Å²) < 4.78 is 11.1. The molecule has 2 fully saturated rings. The number of carbonyl (C=O) groups is 2. The molecular formula is C17H29NO5. The zero-order valence-electron chi connectivity index (χ0n) is 14.4. The Labute approximate surface area is 138 Å². The first kappa shape index (κ1) is 18.2. The molecule has 0 aromatic rings. The fraction of sp³-hybridized carbons (Fsp3) is 0.882. The Morgan fingerprint density at radius 3 is 2.74 bits per heavy atom. The zero-order chi connectivity index (χ0) is 17.0. The summed E-state index contributed by atoms with van der Waals surface area (Å²) in [5.41, 5.74) is -0.820. The van der Waals surface area contributed by atoms with Crippen LogP contribution in [0.4, 0.5) is 0 Å². The molecule has 0 saturated carbocycles. The average Bonchev–Trinajstić information content (AvgIpc) is 2.87. The second-order valence-electron chi connectivity index (χ2n) is 7.32. The molecule has 6 heteroatoms. The predicted molar refractivity (Wildman–Crippen MR) is 85.1 cm³/mol. The highest BCUT2D eigenvalue weighted by atomic mass is 16.5. The Morgan fingerprint density at radius 1 is 1.39 bits per heavy atom. The van der Waals surface area contributed by atoms with E-state index in [1.54, 1.807) is 4.90 Å². The van der Waals surface area contributed by atoms with Crippen LogP contribution in [0.5, 0.6) is 0 Å². The van der Waals surface area contributed by atoms with E-state index in [-0.39, 0.29) is 17.9 Å². The van der Waals surface area contributed by atoms with Gasteiger partial charge in [0.1, 0.15) is 0 Å². The molecule has 2 saturated heterocycles. The van der Waals surface area contributed by atoms with Crippen molar-refractivity contribution in [3.05, 3.63) is 0 Å². The SMILES string of the molecule is CC(C)CC(C)OCCC(=O)N1C[C@H]2COCC[C@@]2(C(=O)O)C1. The molecule has 0 aromatic carbocycles. The molecule has 0 aliphatic carbocycles. The second kappa shape index (κ2) is 7.62. The van der Waals surface area contributed by atoms with Gasteiger partial charge in [0.05, 0.1) is 31.2 Å². The molecule has 0 bridgehead atoms. The van der Waals surface area contributed by atoms with Crippen molar-refractivity contribution in [3.63, 3.8) is 0 Å². The van der Waals surface area contributed by atoms with Crippen LogP contribution in [0.1, 0.15) is 40.0 Å². The molecule has 1 unspecified atom stereocenters. The number of carboxylic acids is 1. The third-order valence-corrected chi connectivity index (χ3v) is 5.01. The largest absolute Gasteiger partial charge is 0.481 e. The Kier molecular flexibility index (Phi) is 6.03. The molecule has 1 N–H and O–H groups in total. The number of carbonyl (C=O) groups excluding carboxylic acids is 1. The van der Waals surface area contributed by atoms with E-state index >= 15 is 0 Å². The number of carboxylic acid groups (broad SMARTS) is 1. The Hall–Kier alpha value is -1.14. The van der Waals surface area contributed by atoms with Crippen molar-refractivity contribution in [1.82, 2.24) is 4.90 Å². The van der Waals surface area contributed by atoms with Crippen LogP contribution < -0.4 is 0 Å². The van der Waals surface area contributed by atoms with Crippen LogP contribution in [-0.4, -0.2) is 60.9 Å². The van der Waals surface area contributed by atoms with E-state index in [9.17, 15) is 14.7 Å². The van der Waals surface area contributed by atoms with Gasteiger partial charge in [0, 0.05) is 25.6 Å². The normalized spacial score (nSPS) is 28.7. The lowest BCUT2D eigenvalue weighted by molar-refractivity contribution is -0.157. The molecule has 2 heterocycles. The molecule has 0 radical (unpaired) electrons. The van der Waals surface area contributed by atoms with Crippen molar-refractivity contribution < 1.29 is 24.2 Å². The summed E-state index contributed by atoms with van der Waals surface area (Å²) in [4.78, 5) is 25.8. The van der Waals surface area contributed by atoms with Gasteiger partial charge in [0.2, 0.25) is 5.91 Å². The van der Waals surface area contributed by atoms with Gasteiger partial charge in [-0.2, -0.15) is 0 Å². The van der Waals surface area contributed by atoms with Crippen LogP contribution in [0, 0.1) is 17.3 Å². The van der Waals surface area contributed by atoms with Crippen LogP contribution in [-0.2, 0) is 19.1 Å². The predicted octanol–water partition coefficient (Wildman–Crippen LogP) is 1.78. The highest BCUT2D eigenvalue weighted by molar-refractivity contribution is 5.81. The van der Waals surface area contributed by atoms with Crippen LogP contribution in [0.15, 0.2) is 0 Å². The number of amides is 1. The van der Waals surface area contributed by atoms with Gasteiger partial charge < -0.3 is 19.5 Å². The number of nitrogens with zero attached hydrogens (tertiary/aromatic N) is 1. The summed E-state index contributed by atoms with van der Waals surface area (Å²) in [6.07, 6.45) is 1.91. The minimum Gasteiger partial charge on any atom is -0.481 e. The number of fused-ring (bicyclic) bond motifs is 1. The third-order valence-electron chi connectivity index (χ3n) is 5.01. The number of hydrogen-bond acceptors (Lipinski definition) is 4. The lowest BCUT2D eigenvalue weighted by atomic mass is 9.74. The Morgan fingerprint density at radius 2 is 2.13 bits per heavy atom. The summed E-state index contributed by atoms with van der Waals surface area (Å²) in [6, 6.07) is 0. The lowest BCUT2D eigenvalue weighted by Gasteiger charge is -2.33. The van der Waals surface area contributed by atoms with Crippen molar-refractivity contribution in [2.24, 2.45) is 17.3 Å². The molecule has 2 aliphatic heterocycles. The maximum Gasteiger partial charge on any atom is 0.311 e. The molecule has 0 aromatic heterocycles. The van der Waals surface area contributed by atoms with E-state index < -0.39 is 11.4 Å². The maximum absolute atomic E-state index is 12.4. The Bertz CT molecular complexity index is 439. The summed E-state index contributed by atoms with van der Waals surface area (Å²) >= 11 is 0.